The van der Waals surface area contributed by atoms with Gasteiger partial charge in [-0.3, -0.25) is 57.5 Å². The van der Waals surface area contributed by atoms with Crippen molar-refractivity contribution in [1.29, 1.82) is 0 Å². The SMILES string of the molecule is CNC(CCC(=O)CC(CCC(=O)OC(C)(C)C)(CCC(=O)OC(C)(C)C)CCC(=O)OC(C)(C)C)(CCC(=O)NC(CCC(=O)OC(C)(C)C)(CCC(=O)OC(C)(C)C)CCC(=O)OC(C)(C)C)CCC(=O)NC(CCC(=O)OC(C)(C)C)(CCC(=O)OC(C)(C)C)CCC(=O)OC(C)(C)C. The van der Waals surface area contributed by atoms with Crippen LogP contribution >= 0.6 is 0 Å². The summed E-state index contributed by atoms with van der Waals surface area (Å²) >= 11 is 0. The lowest BCUT2D eigenvalue weighted by Crippen LogP contribution is -2.52. The second-order valence-corrected chi connectivity index (χ2v) is 36.7. The van der Waals surface area contributed by atoms with Gasteiger partial charge in [0.15, 0.2) is 0 Å². The van der Waals surface area contributed by atoms with Crippen LogP contribution < -0.4 is 16.0 Å². The number of carbonyl (C=O) groups is 12. The highest BCUT2D eigenvalue weighted by Gasteiger charge is 2.42. The first-order valence-electron chi connectivity index (χ1n) is 36.6. The van der Waals surface area contributed by atoms with E-state index in [-0.39, 0.29) is 166 Å². The monoisotopic (exact) mass is 1450 g/mol. The summed E-state index contributed by atoms with van der Waals surface area (Å²) in [7, 11) is 1.62. The summed E-state index contributed by atoms with van der Waals surface area (Å²) in [6.45, 7) is 46.3. The van der Waals surface area contributed by atoms with E-state index in [9.17, 15) is 43.2 Å². The molecule has 24 heteroatoms. The number of ketones is 1. The van der Waals surface area contributed by atoms with Gasteiger partial charge in [-0.1, -0.05) is 0 Å². The topological polar surface area (TPSA) is 324 Å². The molecule has 0 fully saturated rings. The van der Waals surface area contributed by atoms with Gasteiger partial charge >= 0.3 is 53.7 Å². The van der Waals surface area contributed by atoms with Crippen LogP contribution in [0.5, 0.6) is 0 Å². The number of ether oxygens (including phenoxy) is 9. The number of hydrogen-bond acceptors (Lipinski definition) is 22. The summed E-state index contributed by atoms with van der Waals surface area (Å²) in [6.07, 6.45) is -3.63. The van der Waals surface area contributed by atoms with Crippen molar-refractivity contribution in [1.82, 2.24) is 16.0 Å². The fraction of sp³-hybridized carbons (Fsp3) is 0.846. The van der Waals surface area contributed by atoms with E-state index >= 15 is 14.4 Å². The zero-order valence-corrected chi connectivity index (χ0v) is 68.3. The molecule has 0 radical (unpaired) electrons. The summed E-state index contributed by atoms with van der Waals surface area (Å²) < 4.78 is 51.4. The molecule has 590 valence electrons. The first-order valence-corrected chi connectivity index (χ1v) is 36.6. The van der Waals surface area contributed by atoms with Crippen LogP contribution in [0.4, 0.5) is 0 Å². The summed E-state index contributed by atoms with van der Waals surface area (Å²) in [4.78, 5) is 167. The van der Waals surface area contributed by atoms with Crippen molar-refractivity contribution in [2.75, 3.05) is 7.05 Å². The third-order valence-electron chi connectivity index (χ3n) is 15.7. The van der Waals surface area contributed by atoms with Crippen LogP contribution in [0.15, 0.2) is 0 Å². The van der Waals surface area contributed by atoms with E-state index in [1.54, 1.807) is 194 Å². The molecule has 24 nitrogen and oxygen atoms in total. The van der Waals surface area contributed by atoms with Crippen molar-refractivity contribution in [3.05, 3.63) is 0 Å². The summed E-state index contributed by atoms with van der Waals surface area (Å²) in [5.41, 5.74) is -13.2. The smallest absolute Gasteiger partial charge is 0.306 e. The van der Waals surface area contributed by atoms with Gasteiger partial charge in [-0.25, -0.2) is 0 Å². The fourth-order valence-electron chi connectivity index (χ4n) is 11.5. The number of carbonyl (C=O) groups excluding carboxylic acids is 12. The zero-order valence-electron chi connectivity index (χ0n) is 68.3. The standard InChI is InChI=1S/C78H137N3O21/c1-66(2,3)94-57(85)32-41-75(42-33-58(86)95-67(4,5)6,43-34-59(87)96-68(7,8)9)53-54(82)29-44-76(79-28,45-30-55(83)80-77(47-35-60(88)97-69(10,11)12,48-36-61(89)98-70(13,14)15)49-37-62(90)99-71(16,17)18)46-31-56(84)81-78(50-38-63(91)100-72(19,20)21,51-39-64(92)101-73(22,23)24)52-40-65(93)102-74(25,26)27/h79H,29-53H2,1-28H3,(H,80,83)(H,81,84). The van der Waals surface area contributed by atoms with Gasteiger partial charge in [0.2, 0.25) is 11.8 Å². The summed E-state index contributed by atoms with van der Waals surface area (Å²) in [5, 5.41) is 9.63. The van der Waals surface area contributed by atoms with E-state index < -0.39 is 138 Å². The van der Waals surface area contributed by atoms with Gasteiger partial charge in [-0.2, -0.15) is 0 Å². The highest BCUT2D eigenvalue weighted by molar-refractivity contribution is 5.82. The Bertz CT molecular complexity index is 2240. The van der Waals surface area contributed by atoms with Crippen LogP contribution in [0, 0.1) is 5.41 Å². The van der Waals surface area contributed by atoms with Crippen LogP contribution in [-0.2, 0) is 100 Å². The fourth-order valence-corrected chi connectivity index (χ4v) is 11.5. The van der Waals surface area contributed by atoms with Crippen molar-refractivity contribution in [3.63, 3.8) is 0 Å². The summed E-state index contributed by atoms with van der Waals surface area (Å²) in [6, 6.07) is 0. The van der Waals surface area contributed by atoms with Crippen LogP contribution in [-0.4, -0.2) is 145 Å². The number of Topliss-reactive ketones (excluding diaryl/α,β-unsaturated/α-hetero) is 1. The van der Waals surface area contributed by atoms with Gasteiger partial charge in [0.25, 0.3) is 0 Å². The minimum atomic E-state index is -1.43. The van der Waals surface area contributed by atoms with E-state index in [1.807, 2.05) is 0 Å². The van der Waals surface area contributed by atoms with Gasteiger partial charge < -0.3 is 58.6 Å². The van der Waals surface area contributed by atoms with Crippen molar-refractivity contribution >= 4 is 71.3 Å². The Morgan fingerprint density at radius 2 is 0.373 bits per heavy atom. The van der Waals surface area contributed by atoms with Crippen molar-refractivity contribution in [3.8, 4) is 0 Å². The van der Waals surface area contributed by atoms with Gasteiger partial charge in [-0.15, -0.1) is 0 Å². The average molecular weight is 1450 g/mol. The molecule has 0 rings (SSSR count). The average Bonchev–Trinajstić information content (AvgIpc) is 0.839. The van der Waals surface area contributed by atoms with Crippen LogP contribution in [0.3, 0.4) is 0 Å². The molecule has 0 saturated carbocycles. The molecule has 0 aliphatic heterocycles. The Balaban J connectivity index is 8.60. The Morgan fingerprint density at radius 1 is 0.216 bits per heavy atom. The molecule has 0 saturated heterocycles. The predicted octanol–water partition coefficient (Wildman–Crippen LogP) is 14.0. The number of esters is 9. The Hall–Kier alpha value is -6.20. The maximum atomic E-state index is 15.2. The lowest BCUT2D eigenvalue weighted by molar-refractivity contribution is -0.159. The van der Waals surface area contributed by atoms with Crippen LogP contribution in [0.2, 0.25) is 0 Å². The van der Waals surface area contributed by atoms with E-state index in [0.717, 1.165) is 0 Å². The van der Waals surface area contributed by atoms with Gasteiger partial charge in [-0.05, 0) is 276 Å². The number of rotatable bonds is 41. The molecule has 102 heavy (non-hydrogen) atoms. The molecule has 0 bridgehead atoms. The minimum absolute atomic E-state index is 0.0197. The lowest BCUT2D eigenvalue weighted by atomic mass is 9.70. The molecule has 0 heterocycles. The highest BCUT2D eigenvalue weighted by Crippen LogP contribution is 2.42. The largest absolute Gasteiger partial charge is 0.460 e. The Morgan fingerprint density at radius 3 is 0.539 bits per heavy atom. The molecular formula is C78H137N3O21. The van der Waals surface area contributed by atoms with Crippen LogP contribution in [0.1, 0.15) is 347 Å². The Labute approximate surface area is 611 Å². The molecule has 3 N–H and O–H groups in total. The molecule has 0 unspecified atom stereocenters. The molecule has 2 amide bonds. The van der Waals surface area contributed by atoms with E-state index in [4.69, 9.17) is 42.6 Å². The third kappa shape index (κ3) is 48.7. The summed E-state index contributed by atoms with van der Waals surface area (Å²) in [5.74, 6) is -6.79. The highest BCUT2D eigenvalue weighted by atomic mass is 16.6. The minimum Gasteiger partial charge on any atom is -0.460 e. The number of nitrogens with one attached hydrogen (secondary N) is 3. The first-order chi connectivity index (χ1) is 45.8. The molecule has 0 spiro atoms. The molecular weight excluding hydrogens is 1310 g/mol. The van der Waals surface area contributed by atoms with Gasteiger partial charge in [0, 0.05) is 100 Å². The van der Waals surface area contributed by atoms with Crippen molar-refractivity contribution in [2.45, 2.75) is 414 Å². The normalized spacial score (nSPS) is 13.2. The van der Waals surface area contributed by atoms with Crippen molar-refractivity contribution in [2.24, 2.45) is 5.41 Å². The molecule has 0 aromatic carbocycles. The molecule has 0 atom stereocenters. The maximum absolute atomic E-state index is 15.2. The molecule has 0 aliphatic carbocycles. The third-order valence-corrected chi connectivity index (χ3v) is 15.7. The second kappa shape index (κ2) is 39.8. The lowest BCUT2D eigenvalue weighted by Gasteiger charge is -2.38. The van der Waals surface area contributed by atoms with Crippen molar-refractivity contribution < 1.29 is 100 Å². The van der Waals surface area contributed by atoms with Gasteiger partial charge in [0.1, 0.15) is 56.2 Å². The van der Waals surface area contributed by atoms with Crippen LogP contribution in [0.25, 0.3) is 0 Å². The van der Waals surface area contributed by atoms with E-state index in [1.165, 1.54) is 0 Å². The Kier molecular flexibility index (Phi) is 37.4. The maximum Gasteiger partial charge on any atom is 0.306 e. The molecule has 0 aliphatic rings. The number of hydrogen-bond donors (Lipinski definition) is 3. The predicted molar refractivity (Wildman–Crippen MR) is 389 cm³/mol. The first kappa shape index (κ1) is 95.8. The number of amides is 2. The van der Waals surface area contributed by atoms with Gasteiger partial charge in [0.05, 0.1) is 0 Å². The zero-order chi connectivity index (χ0) is 79.6. The molecule has 0 aromatic rings. The quantitative estimate of drug-likeness (QED) is 0.0378. The van der Waals surface area contributed by atoms with E-state index in [0.29, 0.717) is 0 Å². The van der Waals surface area contributed by atoms with E-state index in [2.05, 4.69) is 16.0 Å². The molecule has 0 aromatic heterocycles. The second-order valence-electron chi connectivity index (χ2n) is 36.7.